The molecule has 35 heavy (non-hydrogen) atoms. The fourth-order valence-corrected chi connectivity index (χ4v) is 5.90. The molecular weight excluding hydrogens is 442 g/mol. The van der Waals surface area contributed by atoms with Crippen LogP contribution >= 0.6 is 0 Å². The highest BCUT2D eigenvalue weighted by molar-refractivity contribution is 5.84. The van der Waals surface area contributed by atoms with Gasteiger partial charge in [-0.25, -0.2) is 0 Å². The molecule has 1 heterocycles. The number of hydrogen-bond donors (Lipinski definition) is 1. The number of piperidine rings is 1. The molecule has 3 aromatic carbocycles. The number of amides is 1. The largest absolute Gasteiger partial charge is 0.497 e. The van der Waals surface area contributed by atoms with Crippen LogP contribution in [0.5, 0.6) is 17.2 Å². The molecular formula is C29H33NO5. The lowest BCUT2D eigenvalue weighted by Gasteiger charge is -2.52. The zero-order chi connectivity index (χ0) is 24.4. The fourth-order valence-electron chi connectivity index (χ4n) is 5.90. The van der Waals surface area contributed by atoms with Gasteiger partial charge in [-0.3, -0.25) is 4.79 Å². The Bertz CT molecular complexity index is 1210. The molecule has 5 rings (SSSR count). The van der Waals surface area contributed by atoms with Gasteiger partial charge in [-0.2, -0.15) is 0 Å². The second-order valence-electron chi connectivity index (χ2n) is 9.64. The third-order valence-corrected chi connectivity index (χ3v) is 7.73. The molecule has 3 atom stereocenters. The molecule has 0 aromatic heterocycles. The van der Waals surface area contributed by atoms with Gasteiger partial charge in [0.2, 0.25) is 0 Å². The van der Waals surface area contributed by atoms with Crippen LogP contribution in [-0.4, -0.2) is 48.9 Å². The number of rotatable bonds is 6. The van der Waals surface area contributed by atoms with E-state index in [4.69, 9.17) is 14.2 Å². The van der Waals surface area contributed by atoms with Crippen molar-refractivity contribution in [1.82, 2.24) is 4.90 Å². The summed E-state index contributed by atoms with van der Waals surface area (Å²) in [5.41, 5.74) is 0.0865. The van der Waals surface area contributed by atoms with Gasteiger partial charge in [0, 0.05) is 18.0 Å². The number of nitrogens with zero attached hydrogens (tertiary/aromatic N) is 1. The van der Waals surface area contributed by atoms with Gasteiger partial charge in [-0.1, -0.05) is 43.2 Å². The number of ether oxygens (including phenoxy) is 3. The standard InChI is InChI=1S/C29H33NO5/c1-33-22-12-13-26(34-2)24(18-22)28-25-9-5-6-14-29(25,32)15-16-30(28)27(31)19-35-23-11-10-20-7-3-4-8-21(20)17-23/h3-4,7-8,10-13,17-18,25,28,32H,5-6,9,14-16,19H2,1-2H3/t25-,28-,29-/m1/s1. The van der Waals surface area contributed by atoms with Gasteiger partial charge in [0.05, 0.1) is 25.9 Å². The van der Waals surface area contributed by atoms with Crippen LogP contribution in [0.15, 0.2) is 60.7 Å². The van der Waals surface area contributed by atoms with Gasteiger partial charge in [-0.05, 0) is 60.4 Å². The predicted molar refractivity (Wildman–Crippen MR) is 135 cm³/mol. The van der Waals surface area contributed by atoms with Crippen molar-refractivity contribution >= 4 is 16.7 Å². The van der Waals surface area contributed by atoms with E-state index in [1.807, 2.05) is 59.5 Å². The number of carbonyl (C=O) groups excluding carboxylic acids is 1. The molecule has 1 saturated carbocycles. The lowest BCUT2D eigenvalue weighted by Crippen LogP contribution is -2.57. The highest BCUT2D eigenvalue weighted by Gasteiger charge is 2.51. The maximum Gasteiger partial charge on any atom is 0.261 e. The molecule has 3 aromatic rings. The Labute approximate surface area is 206 Å². The van der Waals surface area contributed by atoms with Crippen molar-refractivity contribution in [2.45, 2.75) is 43.7 Å². The molecule has 1 amide bonds. The fraction of sp³-hybridized carbons (Fsp3) is 0.414. The van der Waals surface area contributed by atoms with Crippen molar-refractivity contribution in [2.75, 3.05) is 27.4 Å². The number of fused-ring (bicyclic) bond motifs is 2. The van der Waals surface area contributed by atoms with Crippen molar-refractivity contribution in [3.05, 3.63) is 66.2 Å². The van der Waals surface area contributed by atoms with Crippen molar-refractivity contribution in [3.63, 3.8) is 0 Å². The summed E-state index contributed by atoms with van der Waals surface area (Å²) in [5, 5.41) is 13.8. The average Bonchev–Trinajstić information content (AvgIpc) is 2.90. The molecule has 1 aliphatic heterocycles. The molecule has 184 valence electrons. The summed E-state index contributed by atoms with van der Waals surface area (Å²) in [6.07, 6.45) is 4.23. The lowest BCUT2D eigenvalue weighted by molar-refractivity contribution is -0.157. The predicted octanol–water partition coefficient (Wildman–Crippen LogP) is 5.13. The molecule has 1 saturated heterocycles. The van der Waals surface area contributed by atoms with E-state index in [-0.39, 0.29) is 24.5 Å². The van der Waals surface area contributed by atoms with Crippen molar-refractivity contribution in [3.8, 4) is 17.2 Å². The maximum atomic E-state index is 13.6. The van der Waals surface area contributed by atoms with Crippen LogP contribution in [0.3, 0.4) is 0 Å². The quantitative estimate of drug-likeness (QED) is 0.535. The SMILES string of the molecule is COc1ccc(OC)c([C@@H]2[C@H]3CCCC[C@@]3(O)CCN2C(=O)COc2ccc3ccccc3c2)c1. The molecule has 6 heteroatoms. The summed E-state index contributed by atoms with van der Waals surface area (Å²) >= 11 is 0. The highest BCUT2D eigenvalue weighted by Crippen LogP contribution is 2.51. The van der Waals surface area contributed by atoms with Crippen LogP contribution in [0.4, 0.5) is 0 Å². The highest BCUT2D eigenvalue weighted by atomic mass is 16.5. The molecule has 6 nitrogen and oxygen atoms in total. The van der Waals surface area contributed by atoms with Gasteiger partial charge < -0.3 is 24.2 Å². The van der Waals surface area contributed by atoms with E-state index in [9.17, 15) is 9.90 Å². The first kappa shape index (κ1) is 23.5. The number of carbonyl (C=O) groups is 1. The second kappa shape index (κ2) is 9.78. The Balaban J connectivity index is 1.44. The number of aliphatic hydroxyl groups is 1. The van der Waals surface area contributed by atoms with Crippen molar-refractivity contribution in [1.29, 1.82) is 0 Å². The minimum atomic E-state index is -0.785. The number of methoxy groups -OCH3 is 2. The molecule has 1 N–H and O–H groups in total. The van der Waals surface area contributed by atoms with Crippen molar-refractivity contribution in [2.24, 2.45) is 5.92 Å². The normalized spacial score (nSPS) is 24.0. The molecule has 0 spiro atoms. The van der Waals surface area contributed by atoms with E-state index in [1.54, 1.807) is 14.2 Å². The summed E-state index contributed by atoms with van der Waals surface area (Å²) in [6, 6.07) is 19.3. The molecule has 0 radical (unpaired) electrons. The van der Waals surface area contributed by atoms with Gasteiger partial charge >= 0.3 is 0 Å². The van der Waals surface area contributed by atoms with Gasteiger partial charge in [-0.15, -0.1) is 0 Å². The van der Waals surface area contributed by atoms with Gasteiger partial charge in [0.15, 0.2) is 6.61 Å². The Morgan fingerprint density at radius 1 is 0.971 bits per heavy atom. The van der Waals surface area contributed by atoms with Crippen LogP contribution in [0.1, 0.15) is 43.7 Å². The average molecular weight is 476 g/mol. The maximum absolute atomic E-state index is 13.6. The molecule has 0 bridgehead atoms. The topological polar surface area (TPSA) is 68.2 Å². The molecule has 1 aliphatic carbocycles. The number of likely N-dealkylation sites (tertiary alicyclic amines) is 1. The van der Waals surface area contributed by atoms with Crippen LogP contribution in [0.25, 0.3) is 10.8 Å². The minimum absolute atomic E-state index is 0.0632. The summed E-state index contributed by atoms with van der Waals surface area (Å²) in [4.78, 5) is 15.5. The van der Waals surface area contributed by atoms with Gasteiger partial charge in [0.25, 0.3) is 5.91 Å². The monoisotopic (exact) mass is 475 g/mol. The molecule has 2 fully saturated rings. The second-order valence-corrected chi connectivity index (χ2v) is 9.64. The Kier molecular flexibility index (Phi) is 6.56. The summed E-state index contributed by atoms with van der Waals surface area (Å²) in [5.74, 6) is 1.89. The third kappa shape index (κ3) is 4.55. The zero-order valence-corrected chi connectivity index (χ0v) is 20.4. The van der Waals surface area contributed by atoms with E-state index < -0.39 is 5.60 Å². The smallest absolute Gasteiger partial charge is 0.261 e. The van der Waals surface area contributed by atoms with E-state index in [2.05, 4.69) is 6.07 Å². The Hall–Kier alpha value is -3.25. The van der Waals surface area contributed by atoms with Crippen LogP contribution < -0.4 is 14.2 Å². The molecule has 0 unspecified atom stereocenters. The first-order valence-corrected chi connectivity index (χ1v) is 12.4. The zero-order valence-electron chi connectivity index (χ0n) is 20.4. The van der Waals surface area contributed by atoms with Crippen LogP contribution in [-0.2, 0) is 4.79 Å². The third-order valence-electron chi connectivity index (χ3n) is 7.73. The van der Waals surface area contributed by atoms with E-state index in [0.717, 1.165) is 42.0 Å². The first-order valence-electron chi connectivity index (χ1n) is 12.4. The van der Waals surface area contributed by atoms with E-state index in [1.165, 1.54) is 0 Å². The van der Waals surface area contributed by atoms with E-state index in [0.29, 0.717) is 30.2 Å². The molecule has 2 aliphatic rings. The van der Waals surface area contributed by atoms with Crippen molar-refractivity contribution < 1.29 is 24.1 Å². The van der Waals surface area contributed by atoms with Gasteiger partial charge in [0.1, 0.15) is 17.2 Å². The van der Waals surface area contributed by atoms with Crippen LogP contribution in [0.2, 0.25) is 0 Å². The minimum Gasteiger partial charge on any atom is -0.497 e. The number of benzene rings is 3. The van der Waals surface area contributed by atoms with E-state index >= 15 is 0 Å². The number of hydrogen-bond acceptors (Lipinski definition) is 5. The van der Waals surface area contributed by atoms with Crippen LogP contribution in [0, 0.1) is 5.92 Å². The Morgan fingerprint density at radius 3 is 2.57 bits per heavy atom. The Morgan fingerprint density at radius 2 is 1.77 bits per heavy atom. The summed E-state index contributed by atoms with van der Waals surface area (Å²) in [7, 11) is 3.26. The first-order chi connectivity index (χ1) is 17.0. The summed E-state index contributed by atoms with van der Waals surface area (Å²) in [6.45, 7) is 0.407. The summed E-state index contributed by atoms with van der Waals surface area (Å²) < 4.78 is 17.2. The lowest BCUT2D eigenvalue weighted by atomic mass is 9.66.